The molecular formula is C22H23Cl3N4O2. The number of benzene rings is 2. The van der Waals surface area contributed by atoms with Gasteiger partial charge in [0.15, 0.2) is 0 Å². The van der Waals surface area contributed by atoms with Crippen LogP contribution in [0, 0.1) is 0 Å². The number of hydrogen-bond donors (Lipinski definition) is 2. The molecule has 9 heteroatoms. The SMILES string of the molecule is Cn1c(C(=O)O)nc(-c2cc(Cl)ccc2Cl)c1-c1ccc(Cl)cc1.NN1CCCCC1. The second-order valence-electron chi connectivity index (χ2n) is 7.22. The molecular weight excluding hydrogens is 459 g/mol. The number of nitrogens with two attached hydrogens (primary N) is 1. The van der Waals surface area contributed by atoms with Crippen LogP contribution >= 0.6 is 34.8 Å². The molecule has 164 valence electrons. The van der Waals surface area contributed by atoms with Crippen LogP contribution in [-0.2, 0) is 7.05 Å². The Kier molecular flexibility index (Phi) is 7.97. The van der Waals surface area contributed by atoms with E-state index in [-0.39, 0.29) is 5.82 Å². The van der Waals surface area contributed by atoms with Gasteiger partial charge in [-0.25, -0.2) is 14.8 Å². The molecule has 4 rings (SSSR count). The number of carboxylic acid groups (broad SMARTS) is 1. The first-order valence-corrected chi connectivity index (χ1v) is 10.9. The first kappa shape index (κ1) is 23.6. The molecule has 0 atom stereocenters. The standard InChI is InChI=1S/C17H11Cl3N2O2.C5H12N2/c1-22-15(9-2-4-10(18)5-3-9)14(21-16(22)17(23)24)12-8-11(19)6-7-13(12)20;6-7-4-2-1-3-5-7/h2-8H,1H3,(H,23,24);1-6H2. The van der Waals surface area contributed by atoms with Crippen LogP contribution in [0.3, 0.4) is 0 Å². The van der Waals surface area contributed by atoms with Crippen molar-refractivity contribution in [1.82, 2.24) is 14.6 Å². The van der Waals surface area contributed by atoms with Crippen molar-refractivity contribution in [3.05, 3.63) is 63.4 Å². The Morgan fingerprint density at radius 3 is 2.16 bits per heavy atom. The van der Waals surface area contributed by atoms with Crippen molar-refractivity contribution in [3.8, 4) is 22.5 Å². The molecule has 0 spiro atoms. The fourth-order valence-corrected chi connectivity index (χ4v) is 3.92. The average Bonchev–Trinajstić information content (AvgIpc) is 3.09. The van der Waals surface area contributed by atoms with Crippen LogP contribution in [-0.4, -0.2) is 38.7 Å². The van der Waals surface area contributed by atoms with E-state index < -0.39 is 5.97 Å². The van der Waals surface area contributed by atoms with E-state index in [1.807, 2.05) is 5.01 Å². The van der Waals surface area contributed by atoms with Gasteiger partial charge in [0, 0.05) is 41.3 Å². The summed E-state index contributed by atoms with van der Waals surface area (Å²) in [5.41, 5.74) is 2.41. The van der Waals surface area contributed by atoms with E-state index in [0.717, 1.165) is 18.7 Å². The van der Waals surface area contributed by atoms with E-state index in [1.165, 1.54) is 23.8 Å². The molecule has 1 aliphatic rings. The molecule has 1 aromatic heterocycles. The minimum atomic E-state index is -1.13. The molecule has 1 aliphatic heterocycles. The fraction of sp³-hybridized carbons (Fsp3) is 0.273. The number of hydrogen-bond acceptors (Lipinski definition) is 4. The van der Waals surface area contributed by atoms with Gasteiger partial charge in [-0.15, -0.1) is 0 Å². The maximum atomic E-state index is 11.5. The Morgan fingerprint density at radius 1 is 1.00 bits per heavy atom. The number of carbonyl (C=O) groups is 1. The lowest BCUT2D eigenvalue weighted by molar-refractivity contribution is 0.0680. The van der Waals surface area contributed by atoms with Crippen LogP contribution in [0.1, 0.15) is 29.9 Å². The van der Waals surface area contributed by atoms with Gasteiger partial charge in [-0.2, -0.15) is 0 Å². The Bertz CT molecular complexity index is 1060. The van der Waals surface area contributed by atoms with Crippen molar-refractivity contribution in [2.45, 2.75) is 19.3 Å². The normalized spacial score (nSPS) is 14.1. The van der Waals surface area contributed by atoms with E-state index in [2.05, 4.69) is 4.98 Å². The molecule has 3 aromatic rings. The molecule has 2 heterocycles. The molecule has 0 bridgehead atoms. The molecule has 3 N–H and O–H groups in total. The van der Waals surface area contributed by atoms with Gasteiger partial charge in [0.2, 0.25) is 5.82 Å². The van der Waals surface area contributed by atoms with E-state index in [9.17, 15) is 9.90 Å². The van der Waals surface area contributed by atoms with Gasteiger partial charge in [-0.3, -0.25) is 5.84 Å². The van der Waals surface area contributed by atoms with Crippen molar-refractivity contribution in [2.75, 3.05) is 13.1 Å². The smallest absolute Gasteiger partial charge is 0.372 e. The van der Waals surface area contributed by atoms with E-state index in [0.29, 0.717) is 32.0 Å². The minimum absolute atomic E-state index is 0.0917. The molecule has 31 heavy (non-hydrogen) atoms. The monoisotopic (exact) mass is 480 g/mol. The highest BCUT2D eigenvalue weighted by Gasteiger charge is 2.23. The summed E-state index contributed by atoms with van der Waals surface area (Å²) in [4.78, 5) is 15.8. The minimum Gasteiger partial charge on any atom is -0.475 e. The number of nitrogens with zero attached hydrogens (tertiary/aromatic N) is 3. The van der Waals surface area contributed by atoms with Crippen molar-refractivity contribution >= 4 is 40.8 Å². The number of carboxylic acids is 1. The Morgan fingerprint density at radius 2 is 1.61 bits per heavy atom. The van der Waals surface area contributed by atoms with Crippen LogP contribution < -0.4 is 5.84 Å². The van der Waals surface area contributed by atoms with Crippen molar-refractivity contribution in [1.29, 1.82) is 0 Å². The Balaban J connectivity index is 0.000000330. The van der Waals surface area contributed by atoms with Gasteiger partial charge in [0.05, 0.1) is 16.4 Å². The summed E-state index contributed by atoms with van der Waals surface area (Å²) < 4.78 is 1.51. The average molecular weight is 482 g/mol. The second kappa shape index (κ2) is 10.5. The Labute approximate surface area is 196 Å². The van der Waals surface area contributed by atoms with Crippen LogP contribution in [0.4, 0.5) is 0 Å². The molecule has 0 amide bonds. The zero-order chi connectivity index (χ0) is 22.5. The maximum absolute atomic E-state index is 11.5. The molecule has 0 aliphatic carbocycles. The summed E-state index contributed by atoms with van der Waals surface area (Å²) >= 11 is 18.3. The lowest BCUT2D eigenvalue weighted by atomic mass is 10.0. The highest BCUT2D eigenvalue weighted by atomic mass is 35.5. The van der Waals surface area contributed by atoms with Gasteiger partial charge in [0.25, 0.3) is 0 Å². The number of halogens is 3. The third kappa shape index (κ3) is 5.79. The first-order valence-electron chi connectivity index (χ1n) is 9.79. The van der Waals surface area contributed by atoms with Crippen molar-refractivity contribution < 1.29 is 9.90 Å². The molecule has 1 saturated heterocycles. The van der Waals surface area contributed by atoms with Gasteiger partial charge < -0.3 is 9.67 Å². The lowest BCUT2D eigenvalue weighted by Crippen LogP contribution is -2.35. The van der Waals surface area contributed by atoms with Crippen LogP contribution in [0.15, 0.2) is 42.5 Å². The molecule has 6 nitrogen and oxygen atoms in total. The Hall–Kier alpha value is -2.09. The molecule has 0 saturated carbocycles. The zero-order valence-corrected chi connectivity index (χ0v) is 19.3. The number of rotatable bonds is 3. The summed E-state index contributed by atoms with van der Waals surface area (Å²) in [6.45, 7) is 2.19. The summed E-state index contributed by atoms with van der Waals surface area (Å²) in [5.74, 6) is 4.25. The van der Waals surface area contributed by atoms with E-state index >= 15 is 0 Å². The maximum Gasteiger partial charge on any atom is 0.372 e. The second-order valence-corrected chi connectivity index (χ2v) is 8.50. The third-order valence-electron chi connectivity index (χ3n) is 4.98. The van der Waals surface area contributed by atoms with E-state index in [4.69, 9.17) is 40.6 Å². The summed E-state index contributed by atoms with van der Waals surface area (Å²) in [7, 11) is 1.64. The summed E-state index contributed by atoms with van der Waals surface area (Å²) in [6.07, 6.45) is 3.95. The third-order valence-corrected chi connectivity index (χ3v) is 5.79. The van der Waals surface area contributed by atoms with Crippen LogP contribution in [0.2, 0.25) is 15.1 Å². The van der Waals surface area contributed by atoms with Crippen molar-refractivity contribution in [3.63, 3.8) is 0 Å². The topological polar surface area (TPSA) is 84.4 Å². The van der Waals surface area contributed by atoms with Crippen molar-refractivity contribution in [2.24, 2.45) is 12.9 Å². The van der Waals surface area contributed by atoms with Gasteiger partial charge >= 0.3 is 5.97 Å². The van der Waals surface area contributed by atoms with Gasteiger partial charge in [-0.1, -0.05) is 53.4 Å². The van der Waals surface area contributed by atoms with Crippen LogP contribution in [0.25, 0.3) is 22.5 Å². The van der Waals surface area contributed by atoms with Gasteiger partial charge in [-0.05, 0) is 43.2 Å². The molecule has 1 fully saturated rings. The predicted molar refractivity (Wildman–Crippen MR) is 126 cm³/mol. The molecule has 2 aromatic carbocycles. The molecule has 0 unspecified atom stereocenters. The van der Waals surface area contributed by atoms with Crippen LogP contribution in [0.5, 0.6) is 0 Å². The predicted octanol–water partition coefficient (Wildman–Crippen LogP) is 5.76. The number of imidazole rings is 1. The number of hydrazine groups is 1. The molecule has 0 radical (unpaired) electrons. The number of aromatic carboxylic acids is 1. The summed E-state index contributed by atoms with van der Waals surface area (Å²) in [6, 6.07) is 12.0. The first-order chi connectivity index (χ1) is 14.8. The number of piperidine rings is 1. The zero-order valence-electron chi connectivity index (χ0n) is 17.0. The quantitative estimate of drug-likeness (QED) is 0.465. The number of aromatic nitrogens is 2. The fourth-order valence-electron chi connectivity index (χ4n) is 3.41. The lowest BCUT2D eigenvalue weighted by Gasteiger charge is -2.20. The largest absolute Gasteiger partial charge is 0.475 e. The summed E-state index contributed by atoms with van der Waals surface area (Å²) in [5, 5.41) is 12.8. The van der Waals surface area contributed by atoms with Gasteiger partial charge in [0.1, 0.15) is 0 Å². The highest BCUT2D eigenvalue weighted by molar-refractivity contribution is 6.35. The highest BCUT2D eigenvalue weighted by Crippen LogP contribution is 2.37. The van der Waals surface area contributed by atoms with E-state index in [1.54, 1.807) is 49.5 Å².